The van der Waals surface area contributed by atoms with E-state index in [1.807, 2.05) is 4.90 Å². The third-order valence-electron chi connectivity index (χ3n) is 5.62. The van der Waals surface area contributed by atoms with Crippen molar-refractivity contribution in [2.24, 2.45) is 29.4 Å². The van der Waals surface area contributed by atoms with Gasteiger partial charge in [-0.05, 0) is 43.9 Å². The Morgan fingerprint density at radius 3 is 2.60 bits per heavy atom. The van der Waals surface area contributed by atoms with Gasteiger partial charge in [0.15, 0.2) is 0 Å². The highest BCUT2D eigenvalue weighted by atomic mass is 16.2. The zero-order valence-electron chi connectivity index (χ0n) is 12.2. The highest BCUT2D eigenvalue weighted by Crippen LogP contribution is 2.48. The molecule has 2 saturated carbocycles. The van der Waals surface area contributed by atoms with E-state index >= 15 is 0 Å². The molecular weight excluding hydrogens is 254 g/mol. The smallest absolute Gasteiger partial charge is 0.227 e. The third kappa shape index (κ3) is 2.22. The number of rotatable bonds is 2. The lowest BCUT2D eigenvalue weighted by molar-refractivity contribution is -0.141. The van der Waals surface area contributed by atoms with Gasteiger partial charge in [-0.3, -0.25) is 9.59 Å². The van der Waals surface area contributed by atoms with Crippen molar-refractivity contribution in [3.63, 3.8) is 0 Å². The van der Waals surface area contributed by atoms with Crippen LogP contribution in [0.3, 0.4) is 0 Å². The number of carbonyl (C=O) groups excluding carboxylic acids is 2. The number of hydrogen-bond donors (Lipinski definition) is 2. The molecule has 2 aliphatic carbocycles. The van der Waals surface area contributed by atoms with Crippen molar-refractivity contribution in [3.8, 4) is 0 Å². The predicted molar refractivity (Wildman–Crippen MR) is 75.7 cm³/mol. The van der Waals surface area contributed by atoms with E-state index in [1.165, 1.54) is 6.42 Å². The fraction of sp³-hybridized carbons (Fsp3) is 0.867. The summed E-state index contributed by atoms with van der Waals surface area (Å²) in [7, 11) is 1.66. The molecule has 112 valence electrons. The van der Waals surface area contributed by atoms with Gasteiger partial charge in [-0.25, -0.2) is 0 Å². The molecule has 5 atom stereocenters. The molecule has 1 aliphatic heterocycles. The molecule has 20 heavy (non-hydrogen) atoms. The average molecular weight is 279 g/mol. The molecule has 0 spiro atoms. The number of nitrogens with one attached hydrogen (secondary N) is 1. The maximum atomic E-state index is 12.8. The lowest BCUT2D eigenvalue weighted by atomic mass is 9.83. The quantitative estimate of drug-likeness (QED) is 0.765. The van der Waals surface area contributed by atoms with Crippen LogP contribution in [0.2, 0.25) is 0 Å². The van der Waals surface area contributed by atoms with Gasteiger partial charge < -0.3 is 16.0 Å². The first-order valence-electron chi connectivity index (χ1n) is 7.87. The van der Waals surface area contributed by atoms with Gasteiger partial charge in [0.25, 0.3) is 0 Å². The highest BCUT2D eigenvalue weighted by Gasteiger charge is 2.50. The Morgan fingerprint density at radius 2 is 1.95 bits per heavy atom. The van der Waals surface area contributed by atoms with E-state index in [-0.39, 0.29) is 29.7 Å². The van der Waals surface area contributed by atoms with Gasteiger partial charge in [0, 0.05) is 26.2 Å². The number of hydrogen-bond acceptors (Lipinski definition) is 3. The lowest BCUT2D eigenvalue weighted by Gasteiger charge is -2.37. The first-order chi connectivity index (χ1) is 9.61. The zero-order chi connectivity index (χ0) is 14.3. The van der Waals surface area contributed by atoms with E-state index in [0.29, 0.717) is 18.4 Å². The second-order valence-corrected chi connectivity index (χ2v) is 6.67. The Bertz CT molecular complexity index is 410. The van der Waals surface area contributed by atoms with Crippen LogP contribution in [0.4, 0.5) is 0 Å². The molecule has 0 aromatic carbocycles. The van der Waals surface area contributed by atoms with Crippen molar-refractivity contribution >= 4 is 11.8 Å². The Kier molecular flexibility index (Phi) is 3.71. The number of carbonyl (C=O) groups is 2. The van der Waals surface area contributed by atoms with Gasteiger partial charge in [0.05, 0.1) is 11.8 Å². The van der Waals surface area contributed by atoms with Crippen molar-refractivity contribution in [3.05, 3.63) is 0 Å². The summed E-state index contributed by atoms with van der Waals surface area (Å²) in [5.74, 6) is 1.26. The third-order valence-corrected chi connectivity index (χ3v) is 5.62. The van der Waals surface area contributed by atoms with Crippen LogP contribution in [0.15, 0.2) is 0 Å². The Balaban J connectivity index is 1.66. The first-order valence-corrected chi connectivity index (χ1v) is 7.87. The number of piperidine rings is 1. The van der Waals surface area contributed by atoms with Gasteiger partial charge >= 0.3 is 0 Å². The minimum atomic E-state index is -0.0486. The van der Waals surface area contributed by atoms with E-state index in [0.717, 1.165) is 32.2 Å². The normalized spacial score (nSPS) is 39.9. The van der Waals surface area contributed by atoms with Crippen LogP contribution in [0, 0.1) is 23.7 Å². The standard InChI is InChI=1S/C15H25N3O2/c1-17-14(19)11-3-2-6-18(8-11)15(20)12-9-4-5-10(7-9)13(12)16/h9-13H,2-8,16H2,1H3,(H,17,19). The number of nitrogens with two attached hydrogens (primary N) is 1. The predicted octanol–water partition coefficient (Wildman–Crippen LogP) is 0.344. The van der Waals surface area contributed by atoms with E-state index < -0.39 is 0 Å². The largest absolute Gasteiger partial charge is 0.359 e. The first kappa shape index (κ1) is 13.9. The maximum absolute atomic E-state index is 12.8. The van der Waals surface area contributed by atoms with Crippen molar-refractivity contribution in [2.75, 3.05) is 20.1 Å². The average Bonchev–Trinajstić information content (AvgIpc) is 3.07. The number of nitrogens with zero attached hydrogens (tertiary/aromatic N) is 1. The van der Waals surface area contributed by atoms with E-state index in [2.05, 4.69) is 5.32 Å². The van der Waals surface area contributed by atoms with E-state index in [4.69, 9.17) is 5.73 Å². The Labute approximate surface area is 120 Å². The molecule has 5 unspecified atom stereocenters. The molecule has 2 bridgehead atoms. The van der Waals surface area contributed by atoms with Gasteiger partial charge in [-0.2, -0.15) is 0 Å². The van der Waals surface area contributed by atoms with Crippen molar-refractivity contribution in [1.82, 2.24) is 10.2 Å². The monoisotopic (exact) mass is 279 g/mol. The molecule has 0 radical (unpaired) electrons. The zero-order valence-corrected chi connectivity index (χ0v) is 12.2. The van der Waals surface area contributed by atoms with Crippen LogP contribution in [-0.2, 0) is 9.59 Å². The number of fused-ring (bicyclic) bond motifs is 2. The van der Waals surface area contributed by atoms with E-state index in [9.17, 15) is 9.59 Å². The molecular formula is C15H25N3O2. The highest BCUT2D eigenvalue weighted by molar-refractivity contribution is 5.83. The fourth-order valence-corrected chi connectivity index (χ4v) is 4.51. The van der Waals surface area contributed by atoms with Gasteiger partial charge in [0.1, 0.15) is 0 Å². The lowest BCUT2D eigenvalue weighted by Crippen LogP contribution is -2.51. The molecule has 1 heterocycles. The molecule has 2 amide bonds. The SMILES string of the molecule is CNC(=O)C1CCCN(C(=O)C2C3CCC(C3)C2N)C1. The molecule has 0 aromatic rings. The van der Waals surface area contributed by atoms with E-state index in [1.54, 1.807) is 7.05 Å². The minimum absolute atomic E-state index is 0.0113. The van der Waals surface area contributed by atoms with Crippen molar-refractivity contribution in [1.29, 1.82) is 0 Å². The Morgan fingerprint density at radius 1 is 1.20 bits per heavy atom. The van der Waals surface area contributed by atoms with Crippen LogP contribution in [-0.4, -0.2) is 42.9 Å². The Hall–Kier alpha value is -1.10. The van der Waals surface area contributed by atoms with Crippen LogP contribution in [0.5, 0.6) is 0 Å². The maximum Gasteiger partial charge on any atom is 0.227 e. The molecule has 5 heteroatoms. The molecule has 3 aliphatic rings. The molecule has 3 N–H and O–H groups in total. The van der Waals surface area contributed by atoms with Crippen molar-refractivity contribution < 1.29 is 9.59 Å². The van der Waals surface area contributed by atoms with Crippen LogP contribution < -0.4 is 11.1 Å². The summed E-state index contributed by atoms with van der Waals surface area (Å²) in [5, 5.41) is 2.70. The summed E-state index contributed by atoms with van der Waals surface area (Å²) >= 11 is 0. The van der Waals surface area contributed by atoms with Crippen molar-refractivity contribution in [2.45, 2.75) is 38.1 Å². The van der Waals surface area contributed by atoms with Gasteiger partial charge in [-0.1, -0.05) is 0 Å². The summed E-state index contributed by atoms with van der Waals surface area (Å²) in [5.41, 5.74) is 6.27. The summed E-state index contributed by atoms with van der Waals surface area (Å²) < 4.78 is 0. The van der Waals surface area contributed by atoms with Crippen LogP contribution >= 0.6 is 0 Å². The molecule has 3 fully saturated rings. The number of likely N-dealkylation sites (tertiary alicyclic amines) is 1. The molecule has 0 aromatic heterocycles. The molecule has 3 rings (SSSR count). The second kappa shape index (κ2) is 5.35. The summed E-state index contributed by atoms with van der Waals surface area (Å²) in [6.07, 6.45) is 5.27. The van der Waals surface area contributed by atoms with Gasteiger partial charge in [-0.15, -0.1) is 0 Å². The second-order valence-electron chi connectivity index (χ2n) is 6.67. The van der Waals surface area contributed by atoms with Gasteiger partial charge in [0.2, 0.25) is 11.8 Å². The summed E-state index contributed by atoms with van der Waals surface area (Å²) in [4.78, 5) is 26.4. The summed E-state index contributed by atoms with van der Waals surface area (Å²) in [6, 6.07) is 0.0432. The fourth-order valence-electron chi connectivity index (χ4n) is 4.51. The topological polar surface area (TPSA) is 75.4 Å². The summed E-state index contributed by atoms with van der Waals surface area (Å²) in [6.45, 7) is 1.35. The minimum Gasteiger partial charge on any atom is -0.359 e. The molecule has 1 saturated heterocycles. The molecule has 5 nitrogen and oxygen atoms in total. The van der Waals surface area contributed by atoms with Crippen LogP contribution in [0.25, 0.3) is 0 Å². The number of amides is 2. The van der Waals surface area contributed by atoms with Crippen LogP contribution in [0.1, 0.15) is 32.1 Å².